The Morgan fingerprint density at radius 3 is 2.08 bits per heavy atom. The molecule has 1 saturated heterocycles. The van der Waals surface area contributed by atoms with Crippen molar-refractivity contribution in [1.82, 2.24) is 10.6 Å². The van der Waals surface area contributed by atoms with Crippen LogP contribution in [0.25, 0.3) is 0 Å². The summed E-state index contributed by atoms with van der Waals surface area (Å²) in [5.74, 6) is -1.40. The number of amides is 2. The number of aliphatic hydroxyl groups is 3. The highest BCUT2D eigenvalue weighted by molar-refractivity contribution is 5.89. The number of hydrogen-bond acceptors (Lipinski definition) is 10. The molecule has 0 aromatic heterocycles. The number of esters is 1. The molecule has 1 heterocycles. The van der Waals surface area contributed by atoms with Gasteiger partial charge in [0.15, 0.2) is 6.29 Å². The fourth-order valence-electron chi connectivity index (χ4n) is 3.70. The second kappa shape index (κ2) is 15.1. The fourth-order valence-corrected chi connectivity index (χ4v) is 3.70. The molecule has 3 rings (SSSR count). The van der Waals surface area contributed by atoms with Gasteiger partial charge in [0.05, 0.1) is 19.1 Å². The van der Waals surface area contributed by atoms with Gasteiger partial charge in [-0.05, 0) is 18.1 Å². The Labute approximate surface area is 225 Å². The van der Waals surface area contributed by atoms with Crippen LogP contribution in [-0.4, -0.2) is 83.2 Å². The highest BCUT2D eigenvalue weighted by Crippen LogP contribution is 2.21. The molecule has 1 aliphatic rings. The molecule has 12 heteroatoms. The topological polar surface area (TPSA) is 173 Å². The van der Waals surface area contributed by atoms with Crippen molar-refractivity contribution in [3.8, 4) is 0 Å². The zero-order valence-electron chi connectivity index (χ0n) is 21.5. The van der Waals surface area contributed by atoms with Crippen molar-refractivity contribution in [2.24, 2.45) is 0 Å². The van der Waals surface area contributed by atoms with Gasteiger partial charge in [-0.2, -0.15) is 0 Å². The summed E-state index contributed by atoms with van der Waals surface area (Å²) in [7, 11) is 0. The Morgan fingerprint density at radius 1 is 0.872 bits per heavy atom. The molecule has 2 aromatic carbocycles. The standard InChI is InChI=1S/C27H34N2O10/c1-17-22(31)23(32)24(33)26(39-17)36-13-12-28-25(34)20(14-21(30)37-15-18-8-4-2-5-9-18)29-27(35)38-16-19-10-6-3-7-11-19/h2-11,17,20,22-24,26,31-33H,12-16H2,1H3,(H,28,34)(H,29,35)/t17-,20-,22+,23+,24-,26+/m0/s1. The molecule has 0 radical (unpaired) electrons. The minimum atomic E-state index is -1.49. The first-order valence-electron chi connectivity index (χ1n) is 12.5. The molecule has 1 fully saturated rings. The maximum Gasteiger partial charge on any atom is 0.408 e. The van der Waals surface area contributed by atoms with Gasteiger partial charge in [-0.3, -0.25) is 9.59 Å². The molecule has 6 atom stereocenters. The van der Waals surface area contributed by atoms with Gasteiger partial charge in [0, 0.05) is 6.54 Å². The summed E-state index contributed by atoms with van der Waals surface area (Å²) in [6.07, 6.45) is -7.55. The van der Waals surface area contributed by atoms with Crippen molar-refractivity contribution in [2.75, 3.05) is 13.2 Å². The molecule has 5 N–H and O–H groups in total. The van der Waals surface area contributed by atoms with Crippen LogP contribution in [0.1, 0.15) is 24.5 Å². The van der Waals surface area contributed by atoms with E-state index in [1.54, 1.807) is 48.5 Å². The van der Waals surface area contributed by atoms with E-state index in [2.05, 4.69) is 10.6 Å². The first kappa shape index (κ1) is 30.0. The third kappa shape index (κ3) is 9.61. The predicted octanol–water partition coefficient (Wildman–Crippen LogP) is 0.375. The van der Waals surface area contributed by atoms with Gasteiger partial charge in [0.25, 0.3) is 0 Å². The zero-order valence-corrected chi connectivity index (χ0v) is 21.5. The number of aliphatic hydroxyl groups excluding tert-OH is 3. The summed E-state index contributed by atoms with van der Waals surface area (Å²) in [6.45, 7) is 1.28. The average molecular weight is 547 g/mol. The van der Waals surface area contributed by atoms with E-state index in [-0.39, 0.29) is 26.4 Å². The third-order valence-electron chi connectivity index (χ3n) is 5.93. The molecule has 1 aliphatic heterocycles. The van der Waals surface area contributed by atoms with E-state index in [9.17, 15) is 29.7 Å². The van der Waals surface area contributed by atoms with Crippen LogP contribution in [0.5, 0.6) is 0 Å². The molecule has 0 spiro atoms. The minimum Gasteiger partial charge on any atom is -0.461 e. The van der Waals surface area contributed by atoms with Crippen molar-refractivity contribution in [3.63, 3.8) is 0 Å². The molecule has 39 heavy (non-hydrogen) atoms. The summed E-state index contributed by atoms with van der Waals surface area (Å²) in [6, 6.07) is 16.6. The van der Waals surface area contributed by atoms with Crippen LogP contribution >= 0.6 is 0 Å². The van der Waals surface area contributed by atoms with Gasteiger partial charge < -0.3 is 44.9 Å². The molecular formula is C27H34N2O10. The predicted molar refractivity (Wildman–Crippen MR) is 136 cm³/mol. The van der Waals surface area contributed by atoms with E-state index in [0.29, 0.717) is 0 Å². The highest BCUT2D eigenvalue weighted by atomic mass is 16.7. The number of benzene rings is 2. The molecule has 12 nitrogen and oxygen atoms in total. The second-order valence-corrected chi connectivity index (χ2v) is 8.95. The van der Waals surface area contributed by atoms with E-state index < -0.39 is 61.1 Å². The van der Waals surface area contributed by atoms with Gasteiger partial charge in [0.1, 0.15) is 37.6 Å². The second-order valence-electron chi connectivity index (χ2n) is 8.95. The maximum absolute atomic E-state index is 12.8. The average Bonchev–Trinajstić information content (AvgIpc) is 2.95. The van der Waals surface area contributed by atoms with Crippen LogP contribution in [0.3, 0.4) is 0 Å². The van der Waals surface area contributed by atoms with Crippen LogP contribution < -0.4 is 10.6 Å². The van der Waals surface area contributed by atoms with E-state index in [4.69, 9.17) is 18.9 Å². The molecule has 2 aromatic rings. The van der Waals surface area contributed by atoms with Gasteiger partial charge in [-0.1, -0.05) is 60.7 Å². The summed E-state index contributed by atoms with van der Waals surface area (Å²) < 4.78 is 21.1. The van der Waals surface area contributed by atoms with Gasteiger partial charge in [-0.15, -0.1) is 0 Å². The Kier molecular flexibility index (Phi) is 11.6. The fraction of sp³-hybridized carbons (Fsp3) is 0.444. The quantitative estimate of drug-likeness (QED) is 0.185. The molecular weight excluding hydrogens is 512 g/mol. The molecule has 0 bridgehead atoms. The van der Waals surface area contributed by atoms with Gasteiger partial charge in [0.2, 0.25) is 5.91 Å². The Balaban J connectivity index is 1.51. The van der Waals surface area contributed by atoms with Crippen LogP contribution in [-0.2, 0) is 41.8 Å². The first-order chi connectivity index (χ1) is 18.7. The van der Waals surface area contributed by atoms with Gasteiger partial charge in [-0.25, -0.2) is 4.79 Å². The Morgan fingerprint density at radius 2 is 1.46 bits per heavy atom. The number of ether oxygens (including phenoxy) is 4. The Bertz CT molecular complexity index is 998. The summed E-state index contributed by atoms with van der Waals surface area (Å²) in [5, 5.41) is 34.6. The van der Waals surface area contributed by atoms with Crippen LogP contribution in [0.15, 0.2) is 60.7 Å². The van der Waals surface area contributed by atoms with E-state index >= 15 is 0 Å². The Hall–Kier alpha value is -3.55. The van der Waals surface area contributed by atoms with Crippen molar-refractivity contribution < 1.29 is 48.7 Å². The lowest BCUT2D eigenvalue weighted by Crippen LogP contribution is -2.57. The lowest BCUT2D eigenvalue weighted by Gasteiger charge is -2.38. The zero-order chi connectivity index (χ0) is 28.2. The van der Waals surface area contributed by atoms with E-state index in [0.717, 1.165) is 11.1 Å². The number of hydrogen-bond donors (Lipinski definition) is 5. The smallest absolute Gasteiger partial charge is 0.408 e. The minimum absolute atomic E-state index is 0.00297. The number of nitrogens with one attached hydrogen (secondary N) is 2. The van der Waals surface area contributed by atoms with Crippen LogP contribution in [0.2, 0.25) is 0 Å². The van der Waals surface area contributed by atoms with E-state index in [1.165, 1.54) is 6.92 Å². The summed E-state index contributed by atoms with van der Waals surface area (Å²) in [5.41, 5.74) is 1.51. The lowest BCUT2D eigenvalue weighted by molar-refractivity contribution is -0.292. The number of alkyl carbamates (subject to hydrolysis) is 1. The molecule has 0 unspecified atom stereocenters. The lowest BCUT2D eigenvalue weighted by atomic mass is 10.0. The van der Waals surface area contributed by atoms with Crippen LogP contribution in [0.4, 0.5) is 4.79 Å². The van der Waals surface area contributed by atoms with Crippen molar-refractivity contribution in [2.45, 2.75) is 63.3 Å². The maximum atomic E-state index is 12.8. The van der Waals surface area contributed by atoms with Gasteiger partial charge >= 0.3 is 12.1 Å². The SMILES string of the molecule is C[C@@H]1O[C@@H](OCCNC(=O)[C@H](CC(=O)OCc2ccccc2)NC(=O)OCc2ccccc2)[C@@H](O)[C@H](O)[C@@H]1O. The highest BCUT2D eigenvalue weighted by Gasteiger charge is 2.42. The van der Waals surface area contributed by atoms with E-state index in [1.807, 2.05) is 12.1 Å². The van der Waals surface area contributed by atoms with Crippen molar-refractivity contribution >= 4 is 18.0 Å². The largest absolute Gasteiger partial charge is 0.461 e. The summed E-state index contributed by atoms with van der Waals surface area (Å²) in [4.78, 5) is 37.6. The molecule has 0 saturated carbocycles. The number of carbonyl (C=O) groups is 3. The van der Waals surface area contributed by atoms with Crippen molar-refractivity contribution in [1.29, 1.82) is 0 Å². The third-order valence-corrected chi connectivity index (χ3v) is 5.93. The first-order valence-corrected chi connectivity index (χ1v) is 12.5. The molecule has 0 aliphatic carbocycles. The number of carbonyl (C=O) groups excluding carboxylic acids is 3. The molecule has 2 amide bonds. The number of rotatable bonds is 12. The van der Waals surface area contributed by atoms with Crippen LogP contribution in [0, 0.1) is 0 Å². The summed E-state index contributed by atoms with van der Waals surface area (Å²) >= 11 is 0. The monoisotopic (exact) mass is 546 g/mol. The normalized spacial score (nSPS) is 23.3. The molecule has 212 valence electrons. The van der Waals surface area contributed by atoms with Crippen molar-refractivity contribution in [3.05, 3.63) is 71.8 Å².